The number of nitrogen functional groups attached to an aromatic ring is 1. The van der Waals surface area contributed by atoms with Crippen molar-refractivity contribution in [3.8, 4) is 11.8 Å². The number of morpholine rings is 1. The average molecular weight is 487 g/mol. The van der Waals surface area contributed by atoms with Crippen molar-refractivity contribution in [2.24, 2.45) is 0 Å². The summed E-state index contributed by atoms with van der Waals surface area (Å²) < 4.78 is 12.3. The van der Waals surface area contributed by atoms with Crippen LogP contribution in [0, 0.1) is 11.3 Å². The molecule has 2 atom stereocenters. The number of rotatable bonds is 5. The van der Waals surface area contributed by atoms with E-state index < -0.39 is 23.5 Å². The fourth-order valence-corrected chi connectivity index (χ4v) is 3.98. The number of hydrogen-bond acceptors (Lipinski definition) is 9. The molecule has 1 aliphatic rings. The molecule has 5 rings (SSSR count). The first kappa shape index (κ1) is 23.0. The highest BCUT2D eigenvalue weighted by Gasteiger charge is 2.51. The van der Waals surface area contributed by atoms with Crippen molar-refractivity contribution in [1.29, 1.82) is 5.26 Å². The number of amides is 2. The van der Waals surface area contributed by atoms with Crippen molar-refractivity contribution in [2.45, 2.75) is 18.6 Å². The standard InChI is InChI=1S/C24H21N7O5/c1-24(20(32)22(33)27-15-4-7-17-18(12-15)36-29-21(17)26)23(34)30(10-11-35-24)19-8-9-31(28-19)16-5-2-14(13-25)3-6-16/h2-9,12,20,32H,10-11H2,1H3,(H2,26,29)(H,27,33)/t20?,24-/m1/s1. The van der Waals surface area contributed by atoms with E-state index in [0.717, 1.165) is 0 Å². The number of hydrogen-bond donors (Lipinski definition) is 3. The minimum atomic E-state index is -1.85. The van der Waals surface area contributed by atoms with Gasteiger partial charge in [-0.25, -0.2) is 4.68 Å². The van der Waals surface area contributed by atoms with Crippen LogP contribution in [0.3, 0.4) is 0 Å². The third-order valence-electron chi connectivity index (χ3n) is 6.04. The van der Waals surface area contributed by atoms with Crippen molar-refractivity contribution in [3.05, 3.63) is 60.3 Å². The van der Waals surface area contributed by atoms with Gasteiger partial charge in [0.1, 0.15) is 0 Å². The summed E-state index contributed by atoms with van der Waals surface area (Å²) in [6.45, 7) is 1.64. The number of carbonyl (C=O) groups is 2. The predicted molar refractivity (Wildman–Crippen MR) is 128 cm³/mol. The van der Waals surface area contributed by atoms with Crippen molar-refractivity contribution >= 4 is 40.1 Å². The van der Waals surface area contributed by atoms with E-state index in [4.69, 9.17) is 20.3 Å². The number of aliphatic hydroxyl groups excluding tert-OH is 1. The van der Waals surface area contributed by atoms with Crippen molar-refractivity contribution in [3.63, 3.8) is 0 Å². The molecule has 182 valence electrons. The van der Waals surface area contributed by atoms with E-state index in [9.17, 15) is 14.7 Å². The lowest BCUT2D eigenvalue weighted by Crippen LogP contribution is -2.63. The maximum atomic E-state index is 13.4. The van der Waals surface area contributed by atoms with E-state index in [-0.39, 0.29) is 19.0 Å². The first-order chi connectivity index (χ1) is 17.3. The van der Waals surface area contributed by atoms with Crippen molar-refractivity contribution in [2.75, 3.05) is 29.1 Å². The second-order valence-electron chi connectivity index (χ2n) is 8.36. The molecule has 0 saturated carbocycles. The van der Waals surface area contributed by atoms with Crippen molar-refractivity contribution in [1.82, 2.24) is 14.9 Å². The summed E-state index contributed by atoms with van der Waals surface area (Å²) in [6.07, 6.45) is -0.143. The number of ether oxygens (including phenoxy) is 1. The number of nitrogens with one attached hydrogen (secondary N) is 1. The van der Waals surface area contributed by atoms with E-state index in [1.54, 1.807) is 53.3 Å². The zero-order chi connectivity index (χ0) is 25.4. The number of anilines is 3. The van der Waals surface area contributed by atoms with Gasteiger partial charge in [-0.1, -0.05) is 5.16 Å². The fourth-order valence-electron chi connectivity index (χ4n) is 3.98. The Kier molecular flexibility index (Phi) is 5.63. The summed E-state index contributed by atoms with van der Waals surface area (Å²) in [5.74, 6) is -0.888. The molecule has 1 fully saturated rings. The van der Waals surface area contributed by atoms with Crippen LogP contribution in [0.2, 0.25) is 0 Å². The molecule has 4 N–H and O–H groups in total. The molecule has 12 nitrogen and oxygen atoms in total. The molecule has 0 spiro atoms. The van der Waals surface area contributed by atoms with Gasteiger partial charge < -0.3 is 25.4 Å². The summed E-state index contributed by atoms with van der Waals surface area (Å²) in [4.78, 5) is 27.6. The lowest BCUT2D eigenvalue weighted by Gasteiger charge is -2.40. The SMILES string of the molecule is C[C@]1(C(O)C(=O)Nc2ccc3c(N)noc3c2)OCCN(c2ccn(-c3ccc(C#N)cc3)n2)C1=O. The molecule has 2 aromatic carbocycles. The topological polar surface area (TPSA) is 173 Å². The molecule has 1 unspecified atom stereocenters. The van der Waals surface area contributed by atoms with Crippen LogP contribution in [0.15, 0.2) is 59.3 Å². The number of nitrogens with two attached hydrogens (primary N) is 1. The highest BCUT2D eigenvalue weighted by atomic mass is 16.5. The lowest BCUT2D eigenvalue weighted by atomic mass is 9.94. The molecule has 0 aliphatic carbocycles. The predicted octanol–water partition coefficient (Wildman–Crippen LogP) is 1.59. The Labute approximate surface area is 204 Å². The van der Waals surface area contributed by atoms with Crippen LogP contribution in [0.5, 0.6) is 0 Å². The maximum absolute atomic E-state index is 13.4. The lowest BCUT2D eigenvalue weighted by molar-refractivity contribution is -0.170. The summed E-state index contributed by atoms with van der Waals surface area (Å²) >= 11 is 0. The molecule has 0 bridgehead atoms. The van der Waals surface area contributed by atoms with Crippen LogP contribution in [0.25, 0.3) is 16.7 Å². The minimum absolute atomic E-state index is 0.0829. The van der Waals surface area contributed by atoms with Crippen LogP contribution < -0.4 is 16.0 Å². The van der Waals surface area contributed by atoms with Gasteiger partial charge in [-0.15, -0.1) is 5.10 Å². The van der Waals surface area contributed by atoms with Crippen LogP contribution in [-0.2, 0) is 14.3 Å². The number of fused-ring (bicyclic) bond motifs is 1. The van der Waals surface area contributed by atoms with Crippen LogP contribution in [0.4, 0.5) is 17.3 Å². The maximum Gasteiger partial charge on any atom is 0.263 e. The molecular weight excluding hydrogens is 466 g/mol. The molecule has 3 heterocycles. The van der Waals surface area contributed by atoms with E-state index in [0.29, 0.717) is 33.7 Å². The summed E-state index contributed by atoms with van der Waals surface area (Å²) in [7, 11) is 0. The molecule has 4 aromatic rings. The number of carbonyl (C=O) groups excluding carboxylic acids is 2. The highest BCUT2D eigenvalue weighted by molar-refractivity contribution is 6.06. The quantitative estimate of drug-likeness (QED) is 0.378. The van der Waals surface area contributed by atoms with Crippen LogP contribution in [-0.4, -0.2) is 56.7 Å². The Balaban J connectivity index is 1.33. The monoisotopic (exact) mass is 487 g/mol. The molecule has 12 heteroatoms. The Hall–Kier alpha value is -4.73. The van der Waals surface area contributed by atoms with Gasteiger partial charge in [0, 0.05) is 24.0 Å². The van der Waals surface area contributed by atoms with E-state index in [1.807, 2.05) is 0 Å². The number of nitriles is 1. The average Bonchev–Trinajstić information content (AvgIpc) is 3.52. The third kappa shape index (κ3) is 3.92. The summed E-state index contributed by atoms with van der Waals surface area (Å²) in [5, 5.41) is 31.1. The zero-order valence-corrected chi connectivity index (χ0v) is 19.1. The first-order valence-electron chi connectivity index (χ1n) is 11.0. The molecule has 0 radical (unpaired) electrons. The number of aromatic nitrogens is 3. The molecule has 2 aromatic heterocycles. The molecule has 2 amide bonds. The van der Waals surface area contributed by atoms with Gasteiger partial charge in [0.2, 0.25) is 0 Å². The van der Waals surface area contributed by atoms with Gasteiger partial charge in [-0.05, 0) is 43.3 Å². The molecular formula is C24H21N7O5. The van der Waals surface area contributed by atoms with Gasteiger partial charge in [0.25, 0.3) is 11.8 Å². The van der Waals surface area contributed by atoms with Gasteiger partial charge in [-0.2, -0.15) is 5.26 Å². The highest BCUT2D eigenvalue weighted by Crippen LogP contribution is 2.29. The Morgan fingerprint density at radius 1 is 1.28 bits per heavy atom. The molecule has 1 saturated heterocycles. The Bertz CT molecular complexity index is 1500. The zero-order valence-electron chi connectivity index (χ0n) is 19.1. The van der Waals surface area contributed by atoms with Gasteiger partial charge in [0.05, 0.1) is 35.9 Å². The van der Waals surface area contributed by atoms with E-state index in [2.05, 4.69) is 21.6 Å². The fraction of sp³-hybridized carbons (Fsp3) is 0.208. The van der Waals surface area contributed by atoms with Crippen LogP contribution in [0.1, 0.15) is 12.5 Å². The normalized spacial score (nSPS) is 18.7. The largest absolute Gasteiger partial charge is 0.380 e. The van der Waals surface area contributed by atoms with Crippen LogP contribution >= 0.6 is 0 Å². The van der Waals surface area contributed by atoms with Gasteiger partial charge in [0.15, 0.2) is 28.9 Å². The first-order valence-corrected chi connectivity index (χ1v) is 11.0. The second kappa shape index (κ2) is 8.81. The number of aliphatic hydroxyl groups is 1. The third-order valence-corrected chi connectivity index (χ3v) is 6.04. The van der Waals surface area contributed by atoms with Crippen molar-refractivity contribution < 1.29 is 24.0 Å². The second-order valence-corrected chi connectivity index (χ2v) is 8.36. The van der Waals surface area contributed by atoms with E-state index in [1.165, 1.54) is 17.9 Å². The Morgan fingerprint density at radius 2 is 2.06 bits per heavy atom. The van der Waals surface area contributed by atoms with Gasteiger partial charge >= 0.3 is 0 Å². The number of benzene rings is 2. The molecule has 1 aliphatic heterocycles. The smallest absolute Gasteiger partial charge is 0.263 e. The number of nitrogens with zero attached hydrogens (tertiary/aromatic N) is 5. The minimum Gasteiger partial charge on any atom is -0.380 e. The Morgan fingerprint density at radius 3 is 2.81 bits per heavy atom. The molecule has 36 heavy (non-hydrogen) atoms. The summed E-state index contributed by atoms with van der Waals surface area (Å²) in [6, 6.07) is 15.2. The van der Waals surface area contributed by atoms with E-state index >= 15 is 0 Å². The van der Waals surface area contributed by atoms with Gasteiger partial charge in [-0.3, -0.25) is 14.5 Å². The summed E-state index contributed by atoms with van der Waals surface area (Å²) in [5.41, 5.74) is 5.76.